The van der Waals surface area contributed by atoms with E-state index in [1.54, 1.807) is 13.8 Å². The van der Waals surface area contributed by atoms with Gasteiger partial charge < -0.3 is 16.0 Å². The predicted molar refractivity (Wildman–Crippen MR) is 108 cm³/mol. The first-order chi connectivity index (χ1) is 12.4. The molecule has 26 heavy (non-hydrogen) atoms. The van der Waals surface area contributed by atoms with Crippen LogP contribution < -0.4 is 16.0 Å². The summed E-state index contributed by atoms with van der Waals surface area (Å²) in [7, 11) is 0. The van der Waals surface area contributed by atoms with Gasteiger partial charge in [-0.3, -0.25) is 19.2 Å². The van der Waals surface area contributed by atoms with Gasteiger partial charge in [-0.2, -0.15) is 0 Å². The summed E-state index contributed by atoms with van der Waals surface area (Å²) >= 11 is 1.46. The highest BCUT2D eigenvalue weighted by molar-refractivity contribution is 7.99. The smallest absolute Gasteiger partial charge is 0.239 e. The highest BCUT2D eigenvalue weighted by Crippen LogP contribution is 2.10. The molecular weight excluding hydrogens is 354 g/mol. The van der Waals surface area contributed by atoms with Crippen LogP contribution >= 0.6 is 11.8 Å². The lowest BCUT2D eigenvalue weighted by molar-refractivity contribution is -0.128. The summed E-state index contributed by atoms with van der Waals surface area (Å²) < 4.78 is 0. The monoisotopic (exact) mass is 385 g/mol. The highest BCUT2D eigenvalue weighted by atomic mass is 32.2. The van der Waals surface area contributed by atoms with E-state index in [-0.39, 0.29) is 47.3 Å². The van der Waals surface area contributed by atoms with Crippen molar-refractivity contribution in [2.75, 3.05) is 25.4 Å². The van der Waals surface area contributed by atoms with E-state index in [1.165, 1.54) is 11.8 Å². The maximum atomic E-state index is 11.7. The Labute approximate surface area is 162 Å². The lowest BCUT2D eigenvalue weighted by atomic mass is 10.1. The van der Waals surface area contributed by atoms with Gasteiger partial charge in [0.05, 0.1) is 25.4 Å². The summed E-state index contributed by atoms with van der Waals surface area (Å²) in [6, 6.07) is 9.78. The van der Waals surface area contributed by atoms with Gasteiger partial charge in [-0.15, -0.1) is 11.8 Å². The number of carbonyl (C=O) groups is 4. The van der Waals surface area contributed by atoms with E-state index in [9.17, 15) is 19.2 Å². The SMILES string of the molecule is CC(C)C(=O)CNC(=O)CNC(=O)CNC(=O)CSCc1ccccc1.[HH].[HH].[HH]. The molecule has 1 aromatic rings. The lowest BCUT2D eigenvalue weighted by Gasteiger charge is -2.08. The molecular formula is C18H31N3O4S. The topological polar surface area (TPSA) is 104 Å². The number of hydrogen-bond donors (Lipinski definition) is 3. The molecule has 1 rings (SSSR count). The Morgan fingerprint density at radius 1 is 0.885 bits per heavy atom. The van der Waals surface area contributed by atoms with Crippen molar-refractivity contribution in [2.24, 2.45) is 5.92 Å². The Balaban J connectivity index is -0.00000225. The Morgan fingerprint density at radius 2 is 1.42 bits per heavy atom. The van der Waals surface area contributed by atoms with Crippen molar-refractivity contribution >= 4 is 35.3 Å². The number of thioether (sulfide) groups is 1. The van der Waals surface area contributed by atoms with Crippen LogP contribution in [0.2, 0.25) is 0 Å². The van der Waals surface area contributed by atoms with Gasteiger partial charge in [-0.1, -0.05) is 44.2 Å². The zero-order valence-electron chi connectivity index (χ0n) is 15.0. The second-order valence-electron chi connectivity index (χ2n) is 5.93. The maximum Gasteiger partial charge on any atom is 0.239 e. The van der Waals surface area contributed by atoms with Crippen molar-refractivity contribution in [2.45, 2.75) is 19.6 Å². The molecule has 0 aliphatic carbocycles. The van der Waals surface area contributed by atoms with E-state index >= 15 is 0 Å². The van der Waals surface area contributed by atoms with Gasteiger partial charge in [0, 0.05) is 16.0 Å². The number of Topliss-reactive ketones (excluding diaryl/α,β-unsaturated/α-hetero) is 1. The quantitative estimate of drug-likeness (QED) is 0.531. The van der Waals surface area contributed by atoms with E-state index in [1.807, 2.05) is 30.3 Å². The van der Waals surface area contributed by atoms with Crippen molar-refractivity contribution in [3.63, 3.8) is 0 Å². The first-order valence-electron chi connectivity index (χ1n) is 8.33. The molecule has 0 aliphatic rings. The highest BCUT2D eigenvalue weighted by Gasteiger charge is 2.11. The van der Waals surface area contributed by atoms with E-state index < -0.39 is 11.8 Å². The molecule has 0 spiro atoms. The molecule has 7 nitrogen and oxygen atoms in total. The van der Waals surface area contributed by atoms with Crippen LogP contribution in [0.4, 0.5) is 0 Å². The average molecular weight is 386 g/mol. The molecule has 0 saturated carbocycles. The molecule has 1 aromatic carbocycles. The van der Waals surface area contributed by atoms with Crippen LogP contribution in [0.5, 0.6) is 0 Å². The second-order valence-corrected chi connectivity index (χ2v) is 6.92. The molecule has 3 N–H and O–H groups in total. The molecule has 0 atom stereocenters. The van der Waals surface area contributed by atoms with E-state index in [0.717, 1.165) is 11.3 Å². The first kappa shape index (κ1) is 21.7. The summed E-state index contributed by atoms with van der Waals surface area (Å²) in [4.78, 5) is 46.2. The van der Waals surface area contributed by atoms with Gasteiger partial charge in [0.2, 0.25) is 17.7 Å². The van der Waals surface area contributed by atoms with Gasteiger partial charge >= 0.3 is 0 Å². The van der Waals surface area contributed by atoms with Gasteiger partial charge in [0.25, 0.3) is 0 Å². The summed E-state index contributed by atoms with van der Waals surface area (Å²) in [6.07, 6.45) is 0. The third-order valence-electron chi connectivity index (χ3n) is 3.34. The minimum atomic E-state index is -0.461. The van der Waals surface area contributed by atoms with Gasteiger partial charge in [-0.05, 0) is 5.56 Å². The zero-order valence-corrected chi connectivity index (χ0v) is 15.9. The number of benzene rings is 1. The Bertz CT molecular complexity index is 634. The summed E-state index contributed by atoms with van der Waals surface area (Å²) in [5.74, 6) is -0.415. The minimum absolute atomic E-state index is 0. The predicted octanol–water partition coefficient (Wildman–Crippen LogP) is 1.23. The van der Waals surface area contributed by atoms with Crippen molar-refractivity contribution in [3.8, 4) is 0 Å². The van der Waals surface area contributed by atoms with Gasteiger partial charge in [-0.25, -0.2) is 0 Å². The molecule has 0 aliphatic heterocycles. The molecule has 0 radical (unpaired) electrons. The van der Waals surface area contributed by atoms with Crippen LogP contribution in [0.1, 0.15) is 23.7 Å². The van der Waals surface area contributed by atoms with Crippen molar-refractivity contribution < 1.29 is 23.5 Å². The number of rotatable bonds is 11. The number of nitrogens with one attached hydrogen (secondary N) is 3. The Kier molecular flexibility index (Phi) is 10.1. The fourth-order valence-corrected chi connectivity index (χ4v) is 2.58. The second kappa shape index (κ2) is 12.1. The van der Waals surface area contributed by atoms with Crippen molar-refractivity contribution in [3.05, 3.63) is 35.9 Å². The van der Waals surface area contributed by atoms with Crippen LogP contribution in [0.25, 0.3) is 0 Å². The van der Waals surface area contributed by atoms with E-state index in [4.69, 9.17) is 0 Å². The zero-order chi connectivity index (χ0) is 19.4. The minimum Gasteiger partial charge on any atom is -0.347 e. The van der Waals surface area contributed by atoms with Gasteiger partial charge in [0.1, 0.15) is 0 Å². The molecule has 0 aromatic heterocycles. The number of amides is 3. The van der Waals surface area contributed by atoms with Crippen LogP contribution in [-0.2, 0) is 24.9 Å². The number of ketones is 1. The fraction of sp³-hybridized carbons (Fsp3) is 0.444. The van der Waals surface area contributed by atoms with Gasteiger partial charge in [0.15, 0.2) is 5.78 Å². The summed E-state index contributed by atoms with van der Waals surface area (Å²) in [5, 5.41) is 7.32. The Hall–Kier alpha value is -2.35. The molecule has 0 fully saturated rings. The molecule has 148 valence electrons. The third-order valence-corrected chi connectivity index (χ3v) is 4.34. The third kappa shape index (κ3) is 9.83. The summed E-state index contributed by atoms with van der Waals surface area (Å²) in [6.45, 7) is 3.02. The number of carbonyl (C=O) groups excluding carboxylic acids is 4. The van der Waals surface area contributed by atoms with E-state index in [2.05, 4.69) is 16.0 Å². The lowest BCUT2D eigenvalue weighted by Crippen LogP contribution is -2.43. The fourth-order valence-electron chi connectivity index (χ4n) is 1.76. The molecule has 8 heteroatoms. The average Bonchev–Trinajstić information content (AvgIpc) is 2.63. The molecule has 0 unspecified atom stereocenters. The summed E-state index contributed by atoms with van der Waals surface area (Å²) in [5.41, 5.74) is 1.13. The van der Waals surface area contributed by atoms with Crippen LogP contribution in [0.15, 0.2) is 30.3 Å². The largest absolute Gasteiger partial charge is 0.347 e. The van der Waals surface area contributed by atoms with Crippen molar-refractivity contribution in [1.29, 1.82) is 0 Å². The van der Waals surface area contributed by atoms with E-state index in [0.29, 0.717) is 0 Å². The van der Waals surface area contributed by atoms with Crippen LogP contribution in [-0.4, -0.2) is 48.9 Å². The molecule has 0 saturated heterocycles. The number of hydrogen-bond acceptors (Lipinski definition) is 5. The first-order valence-corrected chi connectivity index (χ1v) is 9.48. The Morgan fingerprint density at radius 3 is 2.00 bits per heavy atom. The normalized spacial score (nSPS) is 10.3. The van der Waals surface area contributed by atoms with Crippen LogP contribution in [0.3, 0.4) is 0 Å². The van der Waals surface area contributed by atoms with Crippen molar-refractivity contribution in [1.82, 2.24) is 16.0 Å². The standard InChI is InChI=1S/C18H25N3O4S.3H2/c1-13(2)15(22)8-19-16(23)9-20-17(24)10-21-18(25)12-26-11-14-6-4-3-5-7-14;;;/h3-7,13H,8-12H2,1-2H3,(H,19,23)(H,20,24)(H,21,25);3*1H. The molecule has 0 bridgehead atoms. The van der Waals surface area contributed by atoms with Crippen LogP contribution in [0, 0.1) is 5.92 Å². The molecule has 3 amide bonds. The maximum absolute atomic E-state index is 11.7. The molecule has 0 heterocycles.